The van der Waals surface area contributed by atoms with E-state index >= 15 is 0 Å². The van der Waals surface area contributed by atoms with Gasteiger partial charge in [-0.1, -0.05) is 42.5 Å². The predicted octanol–water partition coefficient (Wildman–Crippen LogP) is 3.09. The van der Waals surface area contributed by atoms with Gasteiger partial charge in [-0.15, -0.1) is 0 Å². The Bertz CT molecular complexity index is 1100. The summed E-state index contributed by atoms with van der Waals surface area (Å²) in [7, 11) is 0. The Morgan fingerprint density at radius 2 is 1.67 bits per heavy atom. The highest BCUT2D eigenvalue weighted by Gasteiger charge is 2.33. The Morgan fingerprint density at radius 3 is 2.23 bits per heavy atom. The summed E-state index contributed by atoms with van der Waals surface area (Å²) in [6.07, 6.45) is -4.50. The minimum Gasteiger partial charge on any atom is -0.394 e. The van der Waals surface area contributed by atoms with Gasteiger partial charge >= 0.3 is 6.18 Å². The molecule has 1 heterocycles. The van der Waals surface area contributed by atoms with Gasteiger partial charge in [0.1, 0.15) is 11.5 Å². The van der Waals surface area contributed by atoms with Crippen LogP contribution in [0.3, 0.4) is 0 Å². The van der Waals surface area contributed by atoms with E-state index in [0.29, 0.717) is 5.56 Å². The van der Waals surface area contributed by atoms with Crippen LogP contribution in [0.15, 0.2) is 65.5 Å². The van der Waals surface area contributed by atoms with E-state index in [0.717, 1.165) is 18.2 Å². The molecule has 9 heteroatoms. The molecule has 0 spiro atoms. The molecule has 3 rings (SSSR count). The number of carbonyl (C=O) groups is 1. The number of halogens is 3. The van der Waals surface area contributed by atoms with Crippen molar-refractivity contribution >= 4 is 5.91 Å². The molecular formula is C21H18F3N3O3. The summed E-state index contributed by atoms with van der Waals surface area (Å²) in [5.41, 5.74) is -2.12. The number of carbonyl (C=O) groups excluding carboxylic acids is 1. The lowest BCUT2D eigenvalue weighted by molar-refractivity contribution is -0.137. The zero-order chi connectivity index (χ0) is 21.9. The number of H-pyrrole nitrogens is 1. The number of hydrogen-bond acceptors (Lipinski definition) is 4. The molecule has 0 saturated heterocycles. The van der Waals surface area contributed by atoms with E-state index in [-0.39, 0.29) is 17.1 Å². The highest BCUT2D eigenvalue weighted by Crippen LogP contribution is 2.31. The third kappa shape index (κ3) is 4.57. The number of rotatable bonds is 5. The average Bonchev–Trinajstić information content (AvgIpc) is 2.73. The summed E-state index contributed by atoms with van der Waals surface area (Å²) in [4.78, 5) is 31.4. The molecule has 1 atom stereocenters. The standard InChI is InChI=1S/C21H18F3N3O3/c1-20(12-28,14-7-9-15(10-8-14)21(22,23)24)27-19(30)16-11-17(29)26-18(25-16)13-5-3-2-4-6-13/h2-11,28H,12H2,1H3,(H,27,30)(H,25,26,29). The van der Waals surface area contributed by atoms with Gasteiger partial charge < -0.3 is 15.4 Å². The molecule has 30 heavy (non-hydrogen) atoms. The van der Waals surface area contributed by atoms with Crippen molar-refractivity contribution in [2.75, 3.05) is 6.61 Å². The van der Waals surface area contributed by atoms with Gasteiger partial charge in [-0.2, -0.15) is 13.2 Å². The molecule has 0 fully saturated rings. The van der Waals surface area contributed by atoms with Crippen molar-refractivity contribution in [2.45, 2.75) is 18.6 Å². The summed E-state index contributed by atoms with van der Waals surface area (Å²) in [5.74, 6) is -0.566. The van der Waals surface area contributed by atoms with Crippen molar-refractivity contribution in [3.63, 3.8) is 0 Å². The van der Waals surface area contributed by atoms with Crippen LogP contribution in [0.1, 0.15) is 28.5 Å². The summed E-state index contributed by atoms with van der Waals surface area (Å²) >= 11 is 0. The second-order valence-electron chi connectivity index (χ2n) is 6.86. The van der Waals surface area contributed by atoms with Gasteiger partial charge in [0, 0.05) is 11.6 Å². The van der Waals surface area contributed by atoms with Crippen molar-refractivity contribution in [1.82, 2.24) is 15.3 Å². The van der Waals surface area contributed by atoms with E-state index in [1.807, 2.05) is 0 Å². The number of nitrogens with one attached hydrogen (secondary N) is 2. The average molecular weight is 417 g/mol. The van der Waals surface area contributed by atoms with Crippen LogP contribution in [0, 0.1) is 0 Å². The van der Waals surface area contributed by atoms with Gasteiger partial charge in [0.25, 0.3) is 11.5 Å². The Kier molecular flexibility index (Phi) is 5.75. The van der Waals surface area contributed by atoms with E-state index in [1.165, 1.54) is 19.1 Å². The number of aliphatic hydroxyl groups is 1. The number of aromatic nitrogens is 2. The van der Waals surface area contributed by atoms with Gasteiger partial charge in [-0.05, 0) is 24.6 Å². The summed E-state index contributed by atoms with van der Waals surface area (Å²) in [6, 6.07) is 13.8. The number of benzene rings is 2. The minimum absolute atomic E-state index is 0.188. The van der Waals surface area contributed by atoms with E-state index < -0.39 is 35.4 Å². The number of aliphatic hydroxyl groups excluding tert-OH is 1. The van der Waals surface area contributed by atoms with E-state index in [4.69, 9.17) is 0 Å². The lowest BCUT2D eigenvalue weighted by atomic mass is 9.91. The van der Waals surface area contributed by atoms with Crippen LogP contribution in [0.2, 0.25) is 0 Å². The van der Waals surface area contributed by atoms with Crippen molar-refractivity contribution in [3.05, 3.63) is 87.8 Å². The third-order valence-electron chi connectivity index (χ3n) is 4.58. The third-order valence-corrected chi connectivity index (χ3v) is 4.58. The second kappa shape index (κ2) is 8.11. The molecule has 0 aliphatic rings. The largest absolute Gasteiger partial charge is 0.416 e. The molecule has 0 aliphatic carbocycles. The quantitative estimate of drug-likeness (QED) is 0.595. The van der Waals surface area contributed by atoms with Crippen LogP contribution in [-0.4, -0.2) is 27.6 Å². The summed E-state index contributed by atoms with van der Waals surface area (Å²) in [5, 5.41) is 12.4. The molecule has 0 aliphatic heterocycles. The minimum atomic E-state index is -4.50. The van der Waals surface area contributed by atoms with Crippen LogP contribution in [0.5, 0.6) is 0 Å². The van der Waals surface area contributed by atoms with Crippen LogP contribution < -0.4 is 10.9 Å². The zero-order valence-electron chi connectivity index (χ0n) is 15.8. The molecule has 1 amide bonds. The molecule has 1 aromatic heterocycles. The summed E-state index contributed by atoms with van der Waals surface area (Å²) < 4.78 is 38.4. The molecular weight excluding hydrogens is 399 g/mol. The Morgan fingerprint density at radius 1 is 1.07 bits per heavy atom. The lowest BCUT2D eigenvalue weighted by Gasteiger charge is -2.29. The molecule has 156 valence electrons. The van der Waals surface area contributed by atoms with Crippen molar-refractivity contribution in [3.8, 4) is 11.4 Å². The topological polar surface area (TPSA) is 95.1 Å². The first-order chi connectivity index (χ1) is 14.1. The normalized spacial score (nSPS) is 13.5. The van der Waals surface area contributed by atoms with Gasteiger partial charge in [-0.25, -0.2) is 4.98 Å². The number of nitrogens with zero attached hydrogens (tertiary/aromatic N) is 1. The lowest BCUT2D eigenvalue weighted by Crippen LogP contribution is -2.46. The summed E-state index contributed by atoms with van der Waals surface area (Å²) in [6.45, 7) is 0.873. The molecule has 2 aromatic carbocycles. The Balaban J connectivity index is 1.90. The molecule has 6 nitrogen and oxygen atoms in total. The van der Waals surface area contributed by atoms with Crippen molar-refractivity contribution < 1.29 is 23.1 Å². The van der Waals surface area contributed by atoms with Crippen LogP contribution >= 0.6 is 0 Å². The monoisotopic (exact) mass is 417 g/mol. The van der Waals surface area contributed by atoms with E-state index in [2.05, 4.69) is 15.3 Å². The molecule has 1 unspecified atom stereocenters. The van der Waals surface area contributed by atoms with Crippen LogP contribution in [0.25, 0.3) is 11.4 Å². The van der Waals surface area contributed by atoms with E-state index in [9.17, 15) is 27.9 Å². The fourth-order valence-corrected chi connectivity index (χ4v) is 2.85. The van der Waals surface area contributed by atoms with Crippen molar-refractivity contribution in [1.29, 1.82) is 0 Å². The van der Waals surface area contributed by atoms with Crippen molar-refractivity contribution in [2.24, 2.45) is 0 Å². The maximum absolute atomic E-state index is 12.8. The Labute approximate surface area is 169 Å². The molecule has 0 bridgehead atoms. The molecule has 0 saturated carbocycles. The van der Waals surface area contributed by atoms with Gasteiger partial charge in [0.15, 0.2) is 0 Å². The zero-order valence-corrected chi connectivity index (χ0v) is 15.8. The second-order valence-corrected chi connectivity index (χ2v) is 6.86. The SMILES string of the molecule is CC(CO)(NC(=O)c1cc(=O)[nH]c(-c2ccccc2)n1)c1ccc(C(F)(F)F)cc1. The highest BCUT2D eigenvalue weighted by molar-refractivity contribution is 5.93. The fraction of sp³-hybridized carbons (Fsp3) is 0.190. The molecule has 0 radical (unpaired) electrons. The van der Waals surface area contributed by atoms with Crippen LogP contribution in [0.4, 0.5) is 13.2 Å². The molecule has 3 aromatic rings. The van der Waals surface area contributed by atoms with E-state index in [1.54, 1.807) is 30.3 Å². The number of alkyl halides is 3. The van der Waals surface area contributed by atoms with Gasteiger partial charge in [0.2, 0.25) is 0 Å². The fourth-order valence-electron chi connectivity index (χ4n) is 2.85. The van der Waals surface area contributed by atoms with Crippen LogP contribution in [-0.2, 0) is 11.7 Å². The first-order valence-corrected chi connectivity index (χ1v) is 8.90. The maximum atomic E-state index is 12.8. The predicted molar refractivity (Wildman–Crippen MR) is 104 cm³/mol. The number of hydrogen-bond donors (Lipinski definition) is 3. The number of aromatic amines is 1. The first-order valence-electron chi connectivity index (χ1n) is 8.90. The maximum Gasteiger partial charge on any atom is 0.416 e. The highest BCUT2D eigenvalue weighted by atomic mass is 19.4. The first kappa shape index (κ1) is 21.3. The van der Waals surface area contributed by atoms with Gasteiger partial charge in [0.05, 0.1) is 17.7 Å². The molecule has 3 N–H and O–H groups in total. The smallest absolute Gasteiger partial charge is 0.394 e. The van der Waals surface area contributed by atoms with Gasteiger partial charge in [-0.3, -0.25) is 9.59 Å². The Hall–Kier alpha value is -3.46. The number of amides is 1.